The van der Waals surface area contributed by atoms with Crippen LogP contribution in [0.1, 0.15) is 0 Å². The second kappa shape index (κ2) is 5.52. The van der Waals surface area contributed by atoms with Gasteiger partial charge in [0.1, 0.15) is 6.17 Å². The number of morpholine rings is 1. The van der Waals surface area contributed by atoms with Gasteiger partial charge in [0.2, 0.25) is 11.6 Å². The minimum atomic E-state index is -0.720. The molecule has 1 radical (unpaired) electrons. The zero-order valence-electron chi connectivity index (χ0n) is 11.1. The fourth-order valence-corrected chi connectivity index (χ4v) is 2.15. The van der Waals surface area contributed by atoms with Crippen LogP contribution in [0.3, 0.4) is 0 Å². The van der Waals surface area contributed by atoms with Crippen LogP contribution in [-0.4, -0.2) is 33.0 Å². The van der Waals surface area contributed by atoms with E-state index in [0.717, 1.165) is 5.56 Å². The predicted octanol–water partition coefficient (Wildman–Crippen LogP) is 1.30. The maximum atomic E-state index is 11.4. The molecule has 1 aromatic carbocycles. The van der Waals surface area contributed by atoms with E-state index >= 15 is 0 Å². The molecule has 1 aliphatic heterocycles. The van der Waals surface area contributed by atoms with Crippen LogP contribution in [0, 0.1) is 0 Å². The van der Waals surface area contributed by atoms with Crippen molar-refractivity contribution >= 4 is 5.88 Å². The zero-order valence-corrected chi connectivity index (χ0v) is 11.1. The number of benzene rings is 1. The Morgan fingerprint density at radius 3 is 2.75 bits per heavy atom. The number of hydrogen-bond donors (Lipinski definition) is 0. The largest absolute Gasteiger partial charge is 0.521 e. The molecule has 3 rings (SSSR count). The first-order valence-electron chi connectivity index (χ1n) is 6.42. The van der Waals surface area contributed by atoms with Crippen LogP contribution in [0.25, 0.3) is 11.3 Å². The molecule has 1 aromatic heterocycles. The molecule has 1 atom stereocenters. The maximum Gasteiger partial charge on any atom is 0.521 e. The minimum Gasteiger partial charge on any atom is -0.388 e. The number of nitrogens with zero attached hydrogens (tertiary/aromatic N) is 2. The smallest absolute Gasteiger partial charge is 0.388 e. The lowest BCUT2D eigenvalue weighted by Gasteiger charge is -2.30. The van der Waals surface area contributed by atoms with Crippen molar-refractivity contribution in [1.82, 2.24) is 5.32 Å². The van der Waals surface area contributed by atoms with E-state index < -0.39 is 5.82 Å². The van der Waals surface area contributed by atoms with E-state index in [0.29, 0.717) is 31.4 Å². The first-order valence-corrected chi connectivity index (χ1v) is 6.42. The van der Waals surface area contributed by atoms with E-state index in [4.69, 9.17) is 13.6 Å². The van der Waals surface area contributed by atoms with Gasteiger partial charge in [0.25, 0.3) is 0 Å². The number of likely N-dealkylation sites (N-methyl/N-ethyl adjacent to an activating group) is 1. The number of anilines is 1. The molecule has 105 valence electrons. The molecule has 0 saturated carbocycles. The predicted molar refractivity (Wildman–Crippen MR) is 72.7 cm³/mol. The van der Waals surface area contributed by atoms with Gasteiger partial charge < -0.3 is 18.5 Å². The van der Waals surface area contributed by atoms with Crippen molar-refractivity contribution in [1.29, 1.82) is 0 Å². The minimum absolute atomic E-state index is 0.174. The second-order valence-corrected chi connectivity index (χ2v) is 4.53. The fraction of sp³-hybridized carbons (Fsp3) is 0.357. The lowest BCUT2D eigenvalue weighted by atomic mass is 10.2. The summed E-state index contributed by atoms with van der Waals surface area (Å²) in [5.74, 6) is 0.0711. The highest BCUT2D eigenvalue weighted by Gasteiger charge is 2.26. The molecule has 1 saturated heterocycles. The Hall–Kier alpha value is -2.05. The maximum absolute atomic E-state index is 11.4. The van der Waals surface area contributed by atoms with E-state index in [9.17, 15) is 4.79 Å². The van der Waals surface area contributed by atoms with Gasteiger partial charge in [-0.25, -0.2) is 10.1 Å². The van der Waals surface area contributed by atoms with Crippen molar-refractivity contribution in [2.24, 2.45) is 0 Å². The van der Waals surface area contributed by atoms with E-state index in [1.807, 2.05) is 37.4 Å². The van der Waals surface area contributed by atoms with Crippen LogP contribution in [0.15, 0.2) is 44.0 Å². The van der Waals surface area contributed by atoms with Gasteiger partial charge in [0.15, 0.2) is 0 Å². The summed E-state index contributed by atoms with van der Waals surface area (Å²) < 4.78 is 15.7. The van der Waals surface area contributed by atoms with Crippen LogP contribution < -0.4 is 16.0 Å². The lowest BCUT2D eigenvalue weighted by Crippen LogP contribution is -2.47. The number of rotatable bonds is 3. The van der Waals surface area contributed by atoms with Crippen molar-refractivity contribution in [3.05, 3.63) is 40.9 Å². The third-order valence-electron chi connectivity index (χ3n) is 3.21. The molecule has 20 heavy (non-hydrogen) atoms. The summed E-state index contributed by atoms with van der Waals surface area (Å²) in [5.41, 5.74) is 0.789. The van der Waals surface area contributed by atoms with Crippen molar-refractivity contribution in [2.75, 3.05) is 31.7 Å². The molecule has 1 aliphatic rings. The van der Waals surface area contributed by atoms with Gasteiger partial charge in [-0.15, -0.1) is 0 Å². The summed E-state index contributed by atoms with van der Waals surface area (Å²) in [4.78, 5) is 13.2. The summed E-state index contributed by atoms with van der Waals surface area (Å²) >= 11 is 0. The Labute approximate surface area is 115 Å². The highest BCUT2D eigenvalue weighted by Crippen LogP contribution is 2.30. The quantitative estimate of drug-likeness (QED) is 0.844. The second-order valence-electron chi connectivity index (χ2n) is 4.53. The van der Waals surface area contributed by atoms with Crippen molar-refractivity contribution in [3.8, 4) is 11.3 Å². The molecule has 0 spiro atoms. The van der Waals surface area contributed by atoms with Crippen molar-refractivity contribution in [3.63, 3.8) is 0 Å². The first-order chi connectivity index (χ1) is 9.75. The molecule has 2 aromatic rings. The number of ether oxygens (including phenoxy) is 1. The molecule has 6 nitrogen and oxygen atoms in total. The summed E-state index contributed by atoms with van der Waals surface area (Å²) in [5, 5.41) is 4.45. The Kier molecular flexibility index (Phi) is 3.58. The molecular weight excluding hydrogens is 260 g/mol. The van der Waals surface area contributed by atoms with Crippen LogP contribution >= 0.6 is 0 Å². The van der Waals surface area contributed by atoms with Gasteiger partial charge >= 0.3 is 5.82 Å². The Balaban J connectivity index is 1.95. The highest BCUT2D eigenvalue weighted by molar-refractivity contribution is 5.68. The van der Waals surface area contributed by atoms with Crippen molar-refractivity contribution in [2.45, 2.75) is 6.17 Å². The molecule has 2 heterocycles. The van der Waals surface area contributed by atoms with Gasteiger partial charge in [0, 0.05) is 19.2 Å². The summed E-state index contributed by atoms with van der Waals surface area (Å²) in [6.45, 7) is 1.74. The van der Waals surface area contributed by atoms with Gasteiger partial charge in [-0.3, -0.25) is 0 Å². The molecule has 6 heteroatoms. The van der Waals surface area contributed by atoms with Gasteiger partial charge in [0.05, 0.1) is 13.2 Å². The van der Waals surface area contributed by atoms with E-state index in [-0.39, 0.29) is 6.17 Å². The number of hydrogen-bond acceptors (Lipinski definition) is 5. The molecule has 0 bridgehead atoms. The van der Waals surface area contributed by atoms with E-state index in [1.54, 1.807) is 4.90 Å². The van der Waals surface area contributed by atoms with Gasteiger partial charge in [-0.1, -0.05) is 30.3 Å². The molecule has 1 fully saturated rings. The molecule has 0 aliphatic carbocycles. The van der Waals surface area contributed by atoms with E-state index in [2.05, 4.69) is 5.32 Å². The fourth-order valence-electron chi connectivity index (χ4n) is 2.15. The normalized spacial score (nSPS) is 18.9. The SMILES string of the molecule is CN(c1oc(=O)oc1-c1ccccc1)C1COCC[N]1. The average molecular weight is 275 g/mol. The lowest BCUT2D eigenvalue weighted by molar-refractivity contribution is 0.0737. The zero-order chi connectivity index (χ0) is 13.9. The van der Waals surface area contributed by atoms with Gasteiger partial charge in [-0.05, 0) is 0 Å². The monoisotopic (exact) mass is 275 g/mol. The first kappa shape index (κ1) is 13.0. The Morgan fingerprint density at radius 1 is 1.25 bits per heavy atom. The summed E-state index contributed by atoms with van der Waals surface area (Å²) in [6.07, 6.45) is -0.174. The van der Waals surface area contributed by atoms with Crippen LogP contribution in [0.2, 0.25) is 0 Å². The average Bonchev–Trinajstić information content (AvgIpc) is 2.90. The third kappa shape index (κ3) is 2.48. The standard InChI is InChI=1S/C14H15N2O4/c1-16(11-9-18-8-7-15-11)13-12(19-14(17)20-13)10-5-3-2-4-6-10/h2-6,11H,7-9H2,1H3. The molecule has 0 amide bonds. The van der Waals surface area contributed by atoms with Crippen molar-refractivity contribution < 1.29 is 13.6 Å². The van der Waals surface area contributed by atoms with Crippen LogP contribution in [-0.2, 0) is 4.74 Å². The van der Waals surface area contributed by atoms with E-state index in [1.165, 1.54) is 0 Å². The molecular formula is C14H15N2O4. The highest BCUT2D eigenvalue weighted by atomic mass is 16.6. The van der Waals surface area contributed by atoms with Gasteiger partial charge in [-0.2, -0.15) is 0 Å². The Morgan fingerprint density at radius 2 is 2.05 bits per heavy atom. The molecule has 0 N–H and O–H groups in total. The van der Waals surface area contributed by atoms with Crippen LogP contribution in [0.5, 0.6) is 0 Å². The summed E-state index contributed by atoms with van der Waals surface area (Å²) in [7, 11) is 1.81. The Bertz CT molecular complexity index is 614. The summed E-state index contributed by atoms with van der Waals surface area (Å²) in [6, 6.07) is 9.37. The topological polar surface area (TPSA) is 69.9 Å². The molecule has 1 unspecified atom stereocenters. The third-order valence-corrected chi connectivity index (χ3v) is 3.21. The van der Waals surface area contributed by atoms with Crippen LogP contribution in [0.4, 0.5) is 5.88 Å².